The lowest BCUT2D eigenvalue weighted by atomic mass is 9.85. The van der Waals surface area contributed by atoms with Gasteiger partial charge in [-0.05, 0) is 18.6 Å². The number of nitrogens with zero attached hydrogens (tertiary/aromatic N) is 2. The van der Waals surface area contributed by atoms with Crippen molar-refractivity contribution in [1.82, 2.24) is 0 Å². The fourth-order valence-corrected chi connectivity index (χ4v) is 2.05. The minimum Gasteiger partial charge on any atom is -0.267 e. The fraction of sp³-hybridized carbons (Fsp3) is 0.154. The van der Waals surface area contributed by atoms with Crippen LogP contribution in [0.15, 0.2) is 57.6 Å². The molecule has 1 amide bonds. The maximum atomic E-state index is 11.7. The van der Waals surface area contributed by atoms with Gasteiger partial charge in [-0.2, -0.15) is 4.99 Å². The van der Waals surface area contributed by atoms with Crippen LogP contribution in [0.5, 0.6) is 0 Å². The Kier molecular flexibility index (Phi) is 1.86. The Morgan fingerprint density at radius 2 is 2.12 bits per heavy atom. The zero-order valence-corrected chi connectivity index (χ0v) is 8.84. The Morgan fingerprint density at radius 1 is 1.25 bits per heavy atom. The fourth-order valence-electron chi connectivity index (χ4n) is 2.05. The maximum absolute atomic E-state index is 11.7. The molecule has 16 heavy (non-hydrogen) atoms. The molecule has 0 saturated heterocycles. The molecule has 0 aromatic rings. The summed E-state index contributed by atoms with van der Waals surface area (Å²) in [6.45, 7) is 1.74. The Labute approximate surface area is 93.3 Å². The molecule has 78 valence electrons. The third kappa shape index (κ3) is 1.33. The van der Waals surface area contributed by atoms with Crippen LogP contribution >= 0.6 is 0 Å². The normalized spacial score (nSPS) is 26.3. The van der Waals surface area contributed by atoms with Crippen molar-refractivity contribution >= 4 is 17.5 Å². The van der Waals surface area contributed by atoms with Crippen LogP contribution in [-0.4, -0.2) is 17.5 Å². The quantitative estimate of drug-likeness (QED) is 0.603. The summed E-state index contributed by atoms with van der Waals surface area (Å²) in [7, 11) is 0. The van der Waals surface area contributed by atoms with E-state index in [0.717, 1.165) is 5.71 Å². The predicted molar refractivity (Wildman–Crippen MR) is 63.5 cm³/mol. The Morgan fingerprint density at radius 3 is 3.00 bits per heavy atom. The molecule has 0 radical (unpaired) electrons. The van der Waals surface area contributed by atoms with E-state index in [1.807, 2.05) is 30.4 Å². The molecule has 1 heterocycles. The number of amides is 1. The number of carbonyl (C=O) groups is 1. The predicted octanol–water partition coefficient (Wildman–Crippen LogP) is 1.99. The number of carbonyl (C=O) groups excluding carboxylic acids is 1. The first-order chi connectivity index (χ1) is 7.74. The molecule has 0 aromatic heterocycles. The second-order valence-corrected chi connectivity index (χ2v) is 3.96. The van der Waals surface area contributed by atoms with Gasteiger partial charge in [-0.25, -0.2) is 4.99 Å². The maximum Gasteiger partial charge on any atom is 0.280 e. The van der Waals surface area contributed by atoms with Crippen molar-refractivity contribution in [1.29, 1.82) is 0 Å². The van der Waals surface area contributed by atoms with Gasteiger partial charge in [0.25, 0.3) is 5.91 Å². The monoisotopic (exact) mass is 210 g/mol. The molecule has 2 aliphatic carbocycles. The number of amidine groups is 1. The van der Waals surface area contributed by atoms with Crippen molar-refractivity contribution < 1.29 is 4.79 Å². The van der Waals surface area contributed by atoms with Gasteiger partial charge in [-0.3, -0.25) is 4.79 Å². The van der Waals surface area contributed by atoms with E-state index in [1.54, 1.807) is 6.92 Å². The van der Waals surface area contributed by atoms with E-state index in [0.29, 0.717) is 11.4 Å². The van der Waals surface area contributed by atoms with Gasteiger partial charge in [-0.15, -0.1) is 0 Å². The summed E-state index contributed by atoms with van der Waals surface area (Å²) in [6, 6.07) is 0. The molecule has 3 heteroatoms. The average molecular weight is 210 g/mol. The number of allylic oxidation sites excluding steroid dienone is 7. The number of hydrogen-bond donors (Lipinski definition) is 0. The second kappa shape index (κ2) is 3.23. The van der Waals surface area contributed by atoms with Crippen molar-refractivity contribution in [3.8, 4) is 0 Å². The van der Waals surface area contributed by atoms with Crippen molar-refractivity contribution in [3.63, 3.8) is 0 Å². The van der Waals surface area contributed by atoms with Crippen LogP contribution in [0.4, 0.5) is 0 Å². The molecule has 0 bridgehead atoms. The highest BCUT2D eigenvalue weighted by atomic mass is 16.1. The average Bonchev–Trinajstić information content (AvgIpc) is 2.27. The van der Waals surface area contributed by atoms with E-state index < -0.39 is 0 Å². The summed E-state index contributed by atoms with van der Waals surface area (Å²) in [4.78, 5) is 19.8. The lowest BCUT2D eigenvalue weighted by Crippen LogP contribution is -2.22. The van der Waals surface area contributed by atoms with Gasteiger partial charge in [0.2, 0.25) is 0 Å². The number of rotatable bonds is 0. The molecular formula is C13H10N2O. The van der Waals surface area contributed by atoms with Gasteiger partial charge in [0, 0.05) is 5.92 Å². The van der Waals surface area contributed by atoms with E-state index in [2.05, 4.69) is 16.1 Å². The first-order valence-corrected chi connectivity index (χ1v) is 5.21. The van der Waals surface area contributed by atoms with E-state index in [9.17, 15) is 4.79 Å². The summed E-state index contributed by atoms with van der Waals surface area (Å²) in [5.41, 5.74) is 2.54. The van der Waals surface area contributed by atoms with Crippen LogP contribution in [0.2, 0.25) is 0 Å². The molecule has 3 aliphatic rings. The Balaban J connectivity index is 2.12. The number of hydrogen-bond acceptors (Lipinski definition) is 2. The lowest BCUT2D eigenvalue weighted by molar-refractivity contribution is -0.113. The van der Waals surface area contributed by atoms with Crippen LogP contribution in [0, 0.1) is 5.92 Å². The molecule has 0 spiro atoms. The summed E-state index contributed by atoms with van der Waals surface area (Å²) in [6.07, 6.45) is 12.0. The van der Waals surface area contributed by atoms with E-state index >= 15 is 0 Å². The summed E-state index contributed by atoms with van der Waals surface area (Å²) in [5.74, 6) is 0.542. The molecule has 1 aliphatic heterocycles. The highest BCUT2D eigenvalue weighted by Crippen LogP contribution is 2.28. The molecule has 1 atom stereocenters. The minimum atomic E-state index is -0.180. The van der Waals surface area contributed by atoms with Crippen molar-refractivity contribution in [3.05, 3.63) is 47.6 Å². The minimum absolute atomic E-state index is 0.180. The smallest absolute Gasteiger partial charge is 0.267 e. The molecule has 3 rings (SSSR count). The zero-order chi connectivity index (χ0) is 11.1. The summed E-state index contributed by atoms with van der Waals surface area (Å²) < 4.78 is 0. The first kappa shape index (κ1) is 9.21. The lowest BCUT2D eigenvalue weighted by Gasteiger charge is -2.21. The summed E-state index contributed by atoms with van der Waals surface area (Å²) >= 11 is 0. The van der Waals surface area contributed by atoms with Gasteiger partial charge >= 0.3 is 0 Å². The van der Waals surface area contributed by atoms with Gasteiger partial charge in [0.15, 0.2) is 0 Å². The Bertz CT molecular complexity index is 556. The number of aliphatic imine (C=N–C) groups is 2. The molecule has 1 unspecified atom stereocenters. The second-order valence-electron chi connectivity index (χ2n) is 3.96. The van der Waals surface area contributed by atoms with E-state index in [-0.39, 0.29) is 11.8 Å². The molecule has 0 aromatic carbocycles. The number of fused-ring (bicyclic) bond motifs is 2. The highest BCUT2D eigenvalue weighted by molar-refractivity contribution is 6.32. The van der Waals surface area contributed by atoms with Gasteiger partial charge in [-0.1, -0.05) is 30.4 Å². The van der Waals surface area contributed by atoms with Crippen molar-refractivity contribution in [2.45, 2.75) is 6.92 Å². The van der Waals surface area contributed by atoms with Gasteiger partial charge in [0.05, 0.1) is 11.3 Å². The van der Waals surface area contributed by atoms with Gasteiger partial charge < -0.3 is 0 Å². The third-order valence-electron chi connectivity index (χ3n) is 2.80. The Hall–Kier alpha value is -2.03. The zero-order valence-electron chi connectivity index (χ0n) is 8.84. The largest absolute Gasteiger partial charge is 0.280 e. The SMILES string of the molecule is CC1=NC(=O)C2=CC3C=CC=CC3=CC2=N1. The van der Waals surface area contributed by atoms with Crippen LogP contribution in [0.1, 0.15) is 6.92 Å². The first-order valence-electron chi connectivity index (χ1n) is 5.21. The molecule has 3 nitrogen and oxygen atoms in total. The van der Waals surface area contributed by atoms with Crippen molar-refractivity contribution in [2.24, 2.45) is 15.9 Å². The van der Waals surface area contributed by atoms with Gasteiger partial charge in [0.1, 0.15) is 5.84 Å². The van der Waals surface area contributed by atoms with E-state index in [4.69, 9.17) is 0 Å². The highest BCUT2D eigenvalue weighted by Gasteiger charge is 2.25. The van der Waals surface area contributed by atoms with Crippen molar-refractivity contribution in [2.75, 3.05) is 0 Å². The summed E-state index contributed by atoms with van der Waals surface area (Å²) in [5, 5.41) is 0. The molecule has 0 saturated carbocycles. The molecular weight excluding hydrogens is 200 g/mol. The van der Waals surface area contributed by atoms with Crippen LogP contribution < -0.4 is 0 Å². The third-order valence-corrected chi connectivity index (χ3v) is 2.80. The van der Waals surface area contributed by atoms with Crippen LogP contribution in [0.3, 0.4) is 0 Å². The standard InChI is InChI=1S/C13H10N2O/c1-8-14-12-7-10-5-3-2-4-9(10)6-11(12)13(16)15-8/h2-7,9H,1H3. The van der Waals surface area contributed by atoms with Crippen LogP contribution in [0.25, 0.3) is 0 Å². The topological polar surface area (TPSA) is 41.8 Å². The molecule has 0 fully saturated rings. The molecule has 0 N–H and O–H groups in total. The van der Waals surface area contributed by atoms with Crippen LogP contribution in [-0.2, 0) is 4.79 Å². The van der Waals surface area contributed by atoms with E-state index in [1.165, 1.54) is 5.57 Å².